The molecule has 3 aliphatic heterocycles. The zero-order valence-electron chi connectivity index (χ0n) is 18.6. The Morgan fingerprint density at radius 2 is 1.94 bits per heavy atom. The number of halogens is 4. The van der Waals surface area contributed by atoms with Gasteiger partial charge in [0.25, 0.3) is 0 Å². The third-order valence-corrected chi connectivity index (χ3v) is 7.54. The van der Waals surface area contributed by atoms with Crippen molar-refractivity contribution in [3.63, 3.8) is 0 Å². The largest absolute Gasteiger partial charge is 0.477 e. The highest BCUT2D eigenvalue weighted by Gasteiger charge is 2.75. The van der Waals surface area contributed by atoms with E-state index in [1.54, 1.807) is 26.0 Å². The summed E-state index contributed by atoms with van der Waals surface area (Å²) in [5, 5.41) is 9.51. The molecule has 0 spiro atoms. The van der Waals surface area contributed by atoms with E-state index in [4.69, 9.17) is 26.3 Å². The number of alkyl halides is 3. The van der Waals surface area contributed by atoms with Crippen molar-refractivity contribution in [2.24, 2.45) is 17.8 Å². The summed E-state index contributed by atoms with van der Waals surface area (Å²) in [6.07, 6.45) is -2.95. The van der Waals surface area contributed by atoms with Gasteiger partial charge in [-0.05, 0) is 44.5 Å². The minimum atomic E-state index is -4.82. The smallest absolute Gasteiger partial charge is 0.417 e. The first kappa shape index (κ1) is 23.6. The van der Waals surface area contributed by atoms with Gasteiger partial charge in [-0.2, -0.15) is 18.4 Å². The molecular weight excluding hydrogens is 487 g/mol. The van der Waals surface area contributed by atoms with Gasteiger partial charge < -0.3 is 9.47 Å². The van der Waals surface area contributed by atoms with Crippen LogP contribution in [0.5, 0.6) is 5.88 Å². The van der Waals surface area contributed by atoms with Crippen LogP contribution in [0.1, 0.15) is 31.4 Å². The van der Waals surface area contributed by atoms with Crippen LogP contribution in [0.25, 0.3) is 0 Å². The Balaban J connectivity index is 1.45. The summed E-state index contributed by atoms with van der Waals surface area (Å²) in [4.78, 5) is 31.8. The summed E-state index contributed by atoms with van der Waals surface area (Å²) in [7, 11) is 0. The second-order valence-electron chi connectivity index (χ2n) is 9.43. The number of ether oxygens (including phenoxy) is 2. The van der Waals surface area contributed by atoms with Crippen molar-refractivity contribution in [3.8, 4) is 11.9 Å². The van der Waals surface area contributed by atoms with Crippen molar-refractivity contribution < 1.29 is 32.2 Å². The maximum absolute atomic E-state index is 13.5. The summed E-state index contributed by atoms with van der Waals surface area (Å²) < 4.78 is 52.5. The second-order valence-corrected chi connectivity index (χ2v) is 9.87. The number of anilines is 1. The molecule has 0 aliphatic carbocycles. The first-order valence-corrected chi connectivity index (χ1v) is 11.2. The number of aromatic nitrogens is 1. The van der Waals surface area contributed by atoms with Gasteiger partial charge in [0.2, 0.25) is 17.7 Å². The average molecular weight is 506 g/mol. The van der Waals surface area contributed by atoms with E-state index in [0.29, 0.717) is 23.4 Å². The van der Waals surface area contributed by atoms with E-state index in [9.17, 15) is 22.8 Å². The topological polar surface area (TPSA) is 92.5 Å². The van der Waals surface area contributed by atoms with E-state index >= 15 is 0 Å². The standard InChI is InChI=1S/C24H19ClF3N3O4/c1-22-8-13(11-34-17-6-4-14(25)10-30-17)23(2,35-22)19-18(22)20(32)31(21(19)33)15-5-3-12(9-29)16(7-15)24(26,27)28/h3-7,10,13,18-19H,8,11H2,1-2H3/t13-,18+,19-,22?,23?/m0/s1. The highest BCUT2D eigenvalue weighted by Crippen LogP contribution is 2.63. The fourth-order valence-corrected chi connectivity index (χ4v) is 5.92. The first-order chi connectivity index (χ1) is 16.4. The lowest BCUT2D eigenvalue weighted by atomic mass is 9.64. The fourth-order valence-electron chi connectivity index (χ4n) is 5.80. The number of benzene rings is 1. The van der Waals surface area contributed by atoms with Gasteiger partial charge in [-0.15, -0.1) is 0 Å². The number of amides is 2. The summed E-state index contributed by atoms with van der Waals surface area (Å²) in [5.74, 6) is -2.88. The van der Waals surface area contributed by atoms with Crippen LogP contribution >= 0.6 is 11.6 Å². The Kier molecular flexibility index (Phi) is 5.17. The van der Waals surface area contributed by atoms with Crippen molar-refractivity contribution in [1.29, 1.82) is 5.26 Å². The number of carbonyl (C=O) groups is 2. The molecule has 7 nitrogen and oxygen atoms in total. The summed E-state index contributed by atoms with van der Waals surface area (Å²) >= 11 is 5.85. The van der Waals surface area contributed by atoms with Crippen molar-refractivity contribution >= 4 is 29.1 Å². The van der Waals surface area contributed by atoms with E-state index < -0.39 is 52.2 Å². The molecule has 1 aromatic carbocycles. The van der Waals surface area contributed by atoms with E-state index in [1.807, 2.05) is 0 Å². The van der Waals surface area contributed by atoms with E-state index in [0.717, 1.165) is 11.0 Å². The first-order valence-electron chi connectivity index (χ1n) is 10.8. The molecule has 182 valence electrons. The monoisotopic (exact) mass is 505 g/mol. The molecule has 3 saturated heterocycles. The molecule has 3 aliphatic rings. The van der Waals surface area contributed by atoms with Crippen LogP contribution in [0.3, 0.4) is 0 Å². The molecular formula is C24H19ClF3N3O4. The molecule has 35 heavy (non-hydrogen) atoms. The molecule has 5 atom stereocenters. The normalized spacial score (nSPS) is 31.6. The van der Waals surface area contributed by atoms with Crippen LogP contribution in [0.15, 0.2) is 36.5 Å². The molecule has 3 fully saturated rings. The van der Waals surface area contributed by atoms with Gasteiger partial charge in [0, 0.05) is 18.2 Å². The SMILES string of the molecule is CC12C[C@@H](COc3ccc(Cl)cn3)C(C)(O1)[C@@H]1C(=O)N(c3ccc(C#N)c(C(F)(F)F)c3)C(=O)[C@@H]12. The Morgan fingerprint density at radius 3 is 2.57 bits per heavy atom. The second kappa shape index (κ2) is 7.67. The van der Waals surface area contributed by atoms with Gasteiger partial charge in [0.1, 0.15) is 0 Å². The number of pyridine rings is 1. The van der Waals surface area contributed by atoms with Gasteiger partial charge in [-0.25, -0.2) is 9.88 Å². The third-order valence-electron chi connectivity index (χ3n) is 7.32. The number of hydrogen-bond acceptors (Lipinski definition) is 6. The molecule has 2 amide bonds. The lowest BCUT2D eigenvalue weighted by molar-refractivity contribution is -0.138. The number of hydrogen-bond donors (Lipinski definition) is 0. The average Bonchev–Trinajstić information content (AvgIpc) is 3.32. The van der Waals surface area contributed by atoms with Crippen LogP contribution in [-0.4, -0.2) is 34.6 Å². The molecule has 4 heterocycles. The number of imide groups is 1. The minimum Gasteiger partial charge on any atom is -0.477 e. The van der Waals surface area contributed by atoms with Crippen molar-refractivity contribution in [2.75, 3.05) is 11.5 Å². The predicted molar refractivity (Wildman–Crippen MR) is 116 cm³/mol. The molecule has 2 bridgehead atoms. The van der Waals surface area contributed by atoms with Crippen molar-refractivity contribution in [1.82, 2.24) is 4.98 Å². The molecule has 2 unspecified atom stereocenters. The van der Waals surface area contributed by atoms with Gasteiger partial charge in [0.15, 0.2) is 0 Å². The minimum absolute atomic E-state index is 0.167. The molecule has 0 radical (unpaired) electrons. The van der Waals surface area contributed by atoms with Gasteiger partial charge in [-0.3, -0.25) is 9.59 Å². The lowest BCUT2D eigenvalue weighted by Crippen LogP contribution is -2.48. The Bertz CT molecular complexity index is 1280. The number of carbonyl (C=O) groups excluding carboxylic acids is 2. The Labute approximate surface area is 203 Å². The van der Waals surface area contributed by atoms with Crippen LogP contribution in [0, 0.1) is 29.1 Å². The molecule has 0 saturated carbocycles. The number of nitrogens with zero attached hydrogens (tertiary/aromatic N) is 3. The van der Waals surface area contributed by atoms with E-state index in [1.165, 1.54) is 18.3 Å². The zero-order valence-corrected chi connectivity index (χ0v) is 19.4. The van der Waals surface area contributed by atoms with Crippen molar-refractivity contribution in [3.05, 3.63) is 52.7 Å². The number of rotatable bonds is 4. The van der Waals surface area contributed by atoms with E-state index in [-0.39, 0.29) is 18.2 Å². The summed E-state index contributed by atoms with van der Waals surface area (Å²) in [5.41, 5.74) is -4.05. The highest BCUT2D eigenvalue weighted by molar-refractivity contribution is 6.30. The van der Waals surface area contributed by atoms with Crippen LogP contribution in [-0.2, 0) is 20.5 Å². The van der Waals surface area contributed by atoms with Gasteiger partial charge in [-0.1, -0.05) is 11.6 Å². The Hall–Kier alpha value is -3.16. The van der Waals surface area contributed by atoms with Crippen LogP contribution < -0.4 is 9.64 Å². The fraction of sp³-hybridized carbons (Fsp3) is 0.417. The van der Waals surface area contributed by atoms with Gasteiger partial charge >= 0.3 is 6.18 Å². The molecule has 0 N–H and O–H groups in total. The molecule has 2 aromatic rings. The molecule has 5 rings (SSSR count). The third kappa shape index (κ3) is 3.48. The van der Waals surface area contributed by atoms with Crippen LogP contribution in [0.2, 0.25) is 5.02 Å². The van der Waals surface area contributed by atoms with Crippen LogP contribution in [0.4, 0.5) is 18.9 Å². The van der Waals surface area contributed by atoms with Crippen molar-refractivity contribution in [2.45, 2.75) is 37.6 Å². The van der Waals surface area contributed by atoms with Gasteiger partial charge in [0.05, 0.1) is 57.6 Å². The number of fused-ring (bicyclic) bond motifs is 5. The molecule has 11 heteroatoms. The maximum atomic E-state index is 13.5. The zero-order chi connectivity index (χ0) is 25.3. The summed E-state index contributed by atoms with van der Waals surface area (Å²) in [6.45, 7) is 3.65. The number of nitriles is 1. The lowest BCUT2D eigenvalue weighted by Gasteiger charge is -2.35. The van der Waals surface area contributed by atoms with E-state index in [2.05, 4.69) is 4.98 Å². The highest BCUT2D eigenvalue weighted by atomic mass is 35.5. The molecule has 1 aromatic heterocycles. The predicted octanol–water partition coefficient (Wildman–Crippen LogP) is 4.38. The summed E-state index contributed by atoms with van der Waals surface area (Å²) in [6, 6.07) is 7.57. The Morgan fingerprint density at radius 1 is 1.23 bits per heavy atom. The maximum Gasteiger partial charge on any atom is 0.417 e. The quantitative estimate of drug-likeness (QED) is 0.573.